The van der Waals surface area contributed by atoms with Crippen LogP contribution in [0.4, 0.5) is 5.69 Å². The van der Waals surface area contributed by atoms with Gasteiger partial charge in [-0.25, -0.2) is 0 Å². The molecule has 1 heterocycles. The Bertz CT molecular complexity index is 732. The van der Waals surface area contributed by atoms with Gasteiger partial charge in [-0.1, -0.05) is 24.0 Å². The van der Waals surface area contributed by atoms with Crippen molar-refractivity contribution in [2.45, 2.75) is 0 Å². The number of carbonyl (C=O) groups is 1. The van der Waals surface area contributed by atoms with Crippen LogP contribution in [0.25, 0.3) is 0 Å². The molecule has 0 atom stereocenters. The van der Waals surface area contributed by atoms with Crippen LogP contribution in [-0.4, -0.2) is 17.6 Å². The Labute approximate surface area is 120 Å². The second-order valence-corrected chi connectivity index (χ2v) is 4.68. The third kappa shape index (κ3) is 3.24. The van der Waals surface area contributed by atoms with Crippen LogP contribution in [-0.2, 0) is 0 Å². The van der Waals surface area contributed by atoms with Crippen molar-refractivity contribution in [2.75, 3.05) is 11.9 Å². The molecule has 98 valence electrons. The summed E-state index contributed by atoms with van der Waals surface area (Å²) in [6.07, 6.45) is 0. The Morgan fingerprint density at radius 1 is 1.40 bits per heavy atom. The van der Waals surface area contributed by atoms with Crippen molar-refractivity contribution in [3.63, 3.8) is 0 Å². The number of nitriles is 1. The molecule has 0 saturated heterocycles. The molecule has 0 unspecified atom stereocenters. The molecule has 4 nitrogen and oxygen atoms in total. The first-order chi connectivity index (χ1) is 9.74. The molecule has 0 fully saturated rings. The Hall–Kier alpha value is -2.60. The van der Waals surface area contributed by atoms with Gasteiger partial charge in [0.25, 0.3) is 5.91 Å². The van der Waals surface area contributed by atoms with Crippen molar-refractivity contribution < 1.29 is 9.90 Å². The minimum atomic E-state index is -0.291. The molecule has 0 aliphatic rings. The van der Waals surface area contributed by atoms with E-state index >= 15 is 0 Å². The van der Waals surface area contributed by atoms with Crippen molar-refractivity contribution in [1.29, 1.82) is 5.26 Å². The molecule has 1 aromatic heterocycles. The summed E-state index contributed by atoms with van der Waals surface area (Å²) in [4.78, 5) is 12.8. The number of aliphatic hydroxyl groups excluding tert-OH is 1. The zero-order valence-corrected chi connectivity index (χ0v) is 11.2. The van der Waals surface area contributed by atoms with Crippen LogP contribution in [0, 0.1) is 23.2 Å². The zero-order chi connectivity index (χ0) is 14.4. The van der Waals surface area contributed by atoms with Gasteiger partial charge in [-0.05, 0) is 18.2 Å². The fourth-order valence-corrected chi connectivity index (χ4v) is 2.29. The van der Waals surface area contributed by atoms with Gasteiger partial charge in [0.2, 0.25) is 0 Å². The molecule has 1 aromatic carbocycles. The van der Waals surface area contributed by atoms with E-state index in [1.54, 1.807) is 35.7 Å². The molecule has 0 bridgehead atoms. The highest BCUT2D eigenvalue weighted by Crippen LogP contribution is 2.18. The molecular formula is C15H10N2O2S. The first kappa shape index (κ1) is 13.8. The Balaban J connectivity index is 2.16. The van der Waals surface area contributed by atoms with E-state index in [1.807, 2.05) is 6.07 Å². The first-order valence-electron chi connectivity index (χ1n) is 5.73. The molecule has 20 heavy (non-hydrogen) atoms. The normalized spacial score (nSPS) is 9.20. The summed E-state index contributed by atoms with van der Waals surface area (Å²) >= 11 is 1.33. The molecule has 2 N–H and O–H groups in total. The topological polar surface area (TPSA) is 73.1 Å². The maximum absolute atomic E-state index is 12.1. The van der Waals surface area contributed by atoms with Gasteiger partial charge in [-0.2, -0.15) is 5.26 Å². The molecule has 1 amide bonds. The van der Waals surface area contributed by atoms with Gasteiger partial charge < -0.3 is 10.4 Å². The summed E-state index contributed by atoms with van der Waals surface area (Å²) in [5, 5.41) is 22.0. The van der Waals surface area contributed by atoms with E-state index < -0.39 is 0 Å². The molecular weight excluding hydrogens is 272 g/mol. The highest BCUT2D eigenvalue weighted by Gasteiger charge is 2.10. The number of anilines is 1. The number of aliphatic hydroxyl groups is 1. The van der Waals surface area contributed by atoms with E-state index in [2.05, 4.69) is 17.2 Å². The van der Waals surface area contributed by atoms with Gasteiger partial charge in [-0.15, -0.1) is 11.3 Å². The van der Waals surface area contributed by atoms with E-state index in [0.717, 1.165) is 0 Å². The zero-order valence-electron chi connectivity index (χ0n) is 10.4. The Morgan fingerprint density at radius 3 is 2.95 bits per heavy atom. The lowest BCUT2D eigenvalue weighted by molar-refractivity contribution is 0.102. The molecule has 0 saturated carbocycles. The molecule has 0 spiro atoms. The largest absolute Gasteiger partial charge is 0.384 e. The molecule has 5 heteroatoms. The summed E-state index contributed by atoms with van der Waals surface area (Å²) < 4.78 is 0. The van der Waals surface area contributed by atoms with Crippen LogP contribution in [0.2, 0.25) is 0 Å². The maximum atomic E-state index is 12.1. The molecule has 0 radical (unpaired) electrons. The van der Waals surface area contributed by atoms with E-state index in [1.165, 1.54) is 11.3 Å². The maximum Gasteiger partial charge on any atom is 0.256 e. The summed E-state index contributed by atoms with van der Waals surface area (Å²) in [5.74, 6) is 4.98. The summed E-state index contributed by atoms with van der Waals surface area (Å²) in [6, 6.07) is 10.5. The number of nitrogens with one attached hydrogen (secondary N) is 1. The van der Waals surface area contributed by atoms with E-state index in [9.17, 15) is 4.79 Å². The van der Waals surface area contributed by atoms with Crippen LogP contribution < -0.4 is 5.32 Å². The second-order valence-electron chi connectivity index (χ2n) is 3.77. The fourth-order valence-electron chi connectivity index (χ4n) is 1.53. The lowest BCUT2D eigenvalue weighted by atomic mass is 10.2. The number of amides is 1. The number of hydrogen-bond acceptors (Lipinski definition) is 4. The highest BCUT2D eigenvalue weighted by molar-refractivity contribution is 7.10. The fraction of sp³-hybridized carbons (Fsp3) is 0.0667. The average molecular weight is 282 g/mol. The van der Waals surface area contributed by atoms with Crippen molar-refractivity contribution in [3.8, 4) is 17.9 Å². The van der Waals surface area contributed by atoms with Crippen LogP contribution in [0.3, 0.4) is 0 Å². The molecule has 0 aliphatic heterocycles. The predicted octanol–water partition coefficient (Wildman–Crippen LogP) is 2.22. The lowest BCUT2D eigenvalue weighted by Crippen LogP contribution is -2.11. The van der Waals surface area contributed by atoms with Gasteiger partial charge in [0, 0.05) is 5.38 Å². The van der Waals surface area contributed by atoms with Crippen molar-refractivity contribution in [1.82, 2.24) is 0 Å². The third-order valence-electron chi connectivity index (χ3n) is 2.45. The Kier molecular flexibility index (Phi) is 4.52. The predicted molar refractivity (Wildman–Crippen MR) is 77.4 cm³/mol. The van der Waals surface area contributed by atoms with Gasteiger partial charge in [0.15, 0.2) is 0 Å². The smallest absolute Gasteiger partial charge is 0.256 e. The third-order valence-corrected chi connectivity index (χ3v) is 3.29. The monoisotopic (exact) mass is 282 g/mol. The number of hydrogen-bond donors (Lipinski definition) is 2. The lowest BCUT2D eigenvalue weighted by Gasteiger charge is -2.04. The SMILES string of the molecule is N#Cc1ccccc1NC(=O)c1csc(C#CCO)c1. The van der Waals surface area contributed by atoms with Crippen LogP contribution in [0.1, 0.15) is 20.8 Å². The molecule has 2 rings (SSSR count). The standard InChI is InChI=1S/C15H10N2O2S/c16-9-11-4-1-2-6-14(11)17-15(19)12-8-13(20-10-12)5-3-7-18/h1-2,4,6,8,10,18H,7H2,(H,17,19). The summed E-state index contributed by atoms with van der Waals surface area (Å²) in [5.41, 5.74) is 1.37. The quantitative estimate of drug-likeness (QED) is 0.829. The van der Waals surface area contributed by atoms with Crippen LogP contribution in [0.15, 0.2) is 35.7 Å². The van der Waals surface area contributed by atoms with E-state index in [4.69, 9.17) is 10.4 Å². The van der Waals surface area contributed by atoms with Crippen LogP contribution in [0.5, 0.6) is 0 Å². The highest BCUT2D eigenvalue weighted by atomic mass is 32.1. The van der Waals surface area contributed by atoms with E-state index in [0.29, 0.717) is 21.7 Å². The van der Waals surface area contributed by atoms with E-state index in [-0.39, 0.29) is 12.5 Å². The minimum absolute atomic E-state index is 0.213. The van der Waals surface area contributed by atoms with Crippen molar-refractivity contribution in [2.24, 2.45) is 0 Å². The molecule has 0 aliphatic carbocycles. The number of thiophene rings is 1. The van der Waals surface area contributed by atoms with Gasteiger partial charge in [-0.3, -0.25) is 4.79 Å². The summed E-state index contributed by atoms with van der Waals surface area (Å²) in [7, 11) is 0. The first-order valence-corrected chi connectivity index (χ1v) is 6.61. The van der Waals surface area contributed by atoms with Gasteiger partial charge in [0.05, 0.1) is 21.7 Å². The summed E-state index contributed by atoms with van der Waals surface area (Å²) in [6.45, 7) is -0.213. The molecule has 2 aromatic rings. The number of carbonyl (C=O) groups excluding carboxylic acids is 1. The van der Waals surface area contributed by atoms with Crippen molar-refractivity contribution in [3.05, 3.63) is 51.7 Å². The number of benzene rings is 1. The van der Waals surface area contributed by atoms with Gasteiger partial charge >= 0.3 is 0 Å². The Morgan fingerprint density at radius 2 is 2.20 bits per heavy atom. The minimum Gasteiger partial charge on any atom is -0.384 e. The van der Waals surface area contributed by atoms with Gasteiger partial charge in [0.1, 0.15) is 12.7 Å². The van der Waals surface area contributed by atoms with Crippen LogP contribution >= 0.6 is 11.3 Å². The number of nitrogens with zero attached hydrogens (tertiary/aromatic N) is 1. The number of rotatable bonds is 2. The number of para-hydroxylation sites is 1. The second kappa shape index (κ2) is 6.53. The van der Waals surface area contributed by atoms with Crippen molar-refractivity contribution >= 4 is 22.9 Å². The average Bonchev–Trinajstić information content (AvgIpc) is 2.94.